The van der Waals surface area contributed by atoms with Crippen molar-refractivity contribution in [3.8, 4) is 0 Å². The summed E-state index contributed by atoms with van der Waals surface area (Å²) in [5.74, 6) is 0.166. The summed E-state index contributed by atoms with van der Waals surface area (Å²) in [6.07, 6.45) is 1.49. The molecule has 1 aromatic carbocycles. The Morgan fingerprint density at radius 1 is 1.55 bits per heavy atom. The van der Waals surface area contributed by atoms with Crippen LogP contribution in [0.5, 0.6) is 0 Å². The van der Waals surface area contributed by atoms with Gasteiger partial charge in [-0.05, 0) is 23.8 Å². The van der Waals surface area contributed by atoms with E-state index in [-0.39, 0.29) is 25.0 Å². The number of anilines is 1. The minimum atomic E-state index is -0.993. The van der Waals surface area contributed by atoms with E-state index in [0.717, 1.165) is 5.56 Å². The molecule has 0 radical (unpaired) electrons. The van der Waals surface area contributed by atoms with Crippen molar-refractivity contribution in [1.82, 2.24) is 0 Å². The van der Waals surface area contributed by atoms with Crippen LogP contribution in [-0.2, 0) is 26.1 Å². The van der Waals surface area contributed by atoms with Gasteiger partial charge in [-0.3, -0.25) is 9.00 Å². The third kappa shape index (κ3) is 5.58. The average Bonchev–Trinajstić information content (AvgIpc) is 2.39. The van der Waals surface area contributed by atoms with E-state index in [1.807, 2.05) is 0 Å². The van der Waals surface area contributed by atoms with Gasteiger partial charge in [-0.25, -0.2) is 0 Å². The third-order valence-corrected chi connectivity index (χ3v) is 3.78. The maximum Gasteiger partial charge on any atom is 0.227 e. The molecular formula is C13H19ClN2O3S. The Hall–Kier alpha value is -0.950. The zero-order chi connectivity index (χ0) is 15.1. The number of nitrogens with two attached hydrogens (primary N) is 1. The fraction of sp³-hybridized carbons (Fsp3) is 0.462. The average molecular weight is 319 g/mol. The first-order valence-electron chi connectivity index (χ1n) is 6.07. The van der Waals surface area contributed by atoms with Gasteiger partial charge in [0.15, 0.2) is 0 Å². The predicted octanol–water partition coefficient (Wildman–Crippen LogP) is 1.52. The van der Waals surface area contributed by atoms with Gasteiger partial charge in [0.2, 0.25) is 5.91 Å². The first-order chi connectivity index (χ1) is 9.46. The monoisotopic (exact) mass is 318 g/mol. The molecule has 112 valence electrons. The molecular weight excluding hydrogens is 300 g/mol. The van der Waals surface area contributed by atoms with Gasteiger partial charge in [0.1, 0.15) is 0 Å². The number of rotatable bonds is 7. The number of nitrogens with one attached hydrogen (secondary N) is 1. The second-order valence-electron chi connectivity index (χ2n) is 4.37. The Bertz CT molecular complexity index is 493. The summed E-state index contributed by atoms with van der Waals surface area (Å²) in [5, 5.41) is 3.29. The normalized spacial score (nSPS) is 13.8. The number of hydrogen-bond acceptors (Lipinski definition) is 4. The van der Waals surface area contributed by atoms with Crippen LogP contribution < -0.4 is 11.1 Å². The van der Waals surface area contributed by atoms with Crippen LogP contribution in [0.2, 0.25) is 5.02 Å². The van der Waals surface area contributed by atoms with Crippen molar-refractivity contribution in [2.24, 2.45) is 5.73 Å². The number of ether oxygens (including phenoxy) is 1. The van der Waals surface area contributed by atoms with Crippen molar-refractivity contribution < 1.29 is 13.7 Å². The van der Waals surface area contributed by atoms with Crippen LogP contribution >= 0.6 is 11.6 Å². The van der Waals surface area contributed by atoms with Gasteiger partial charge < -0.3 is 15.8 Å². The maximum absolute atomic E-state index is 11.8. The molecule has 7 heteroatoms. The summed E-state index contributed by atoms with van der Waals surface area (Å²) >= 11 is 6.02. The van der Waals surface area contributed by atoms with Crippen molar-refractivity contribution >= 4 is 34.0 Å². The third-order valence-electron chi connectivity index (χ3n) is 2.70. The quantitative estimate of drug-likeness (QED) is 0.798. The summed E-state index contributed by atoms with van der Waals surface area (Å²) in [6.45, 7) is 0.282. The van der Waals surface area contributed by atoms with E-state index in [4.69, 9.17) is 22.1 Å². The Morgan fingerprint density at radius 3 is 2.80 bits per heavy atom. The number of hydrogen-bond donors (Lipinski definition) is 2. The SMILES string of the molecule is COC(CN)CC(=O)Nc1ccc(Cl)c(CS(C)=O)c1. The molecule has 2 unspecified atom stereocenters. The Morgan fingerprint density at radius 2 is 2.25 bits per heavy atom. The van der Waals surface area contributed by atoms with E-state index < -0.39 is 10.8 Å². The lowest BCUT2D eigenvalue weighted by molar-refractivity contribution is -0.118. The molecule has 1 rings (SSSR count). The molecule has 0 aliphatic rings. The largest absolute Gasteiger partial charge is 0.380 e. The molecule has 20 heavy (non-hydrogen) atoms. The number of benzene rings is 1. The van der Waals surface area contributed by atoms with E-state index in [2.05, 4.69) is 5.32 Å². The zero-order valence-electron chi connectivity index (χ0n) is 11.5. The summed E-state index contributed by atoms with van der Waals surface area (Å²) in [6, 6.07) is 5.11. The molecule has 0 bridgehead atoms. The smallest absolute Gasteiger partial charge is 0.227 e. The Balaban J connectivity index is 2.72. The van der Waals surface area contributed by atoms with E-state index >= 15 is 0 Å². The molecule has 0 aromatic heterocycles. The molecule has 2 atom stereocenters. The molecule has 0 spiro atoms. The van der Waals surface area contributed by atoms with Crippen LogP contribution in [0.1, 0.15) is 12.0 Å². The van der Waals surface area contributed by atoms with Crippen LogP contribution in [-0.4, -0.2) is 36.1 Å². The van der Waals surface area contributed by atoms with E-state index in [1.165, 1.54) is 7.11 Å². The summed E-state index contributed by atoms with van der Waals surface area (Å²) in [7, 11) is 0.522. The molecule has 0 heterocycles. The van der Waals surface area contributed by atoms with Crippen molar-refractivity contribution in [3.63, 3.8) is 0 Å². The number of halogens is 1. The van der Waals surface area contributed by atoms with Crippen molar-refractivity contribution in [2.45, 2.75) is 18.3 Å². The van der Waals surface area contributed by atoms with Gasteiger partial charge in [0.05, 0.1) is 12.5 Å². The fourth-order valence-corrected chi connectivity index (χ4v) is 2.60. The van der Waals surface area contributed by atoms with Crippen molar-refractivity contribution in [1.29, 1.82) is 0 Å². The van der Waals surface area contributed by atoms with Crippen LogP contribution in [0.4, 0.5) is 5.69 Å². The lowest BCUT2D eigenvalue weighted by atomic mass is 10.2. The second kappa shape index (κ2) is 8.36. The first kappa shape index (κ1) is 17.1. The topological polar surface area (TPSA) is 81.4 Å². The minimum absolute atomic E-state index is 0.185. The standard InChI is InChI=1S/C13H19ClN2O3S/c1-19-11(7-15)6-13(17)16-10-3-4-12(14)9(5-10)8-20(2)18/h3-5,11H,6-8,15H2,1-2H3,(H,16,17). The Labute approximate surface area is 126 Å². The highest BCUT2D eigenvalue weighted by atomic mass is 35.5. The van der Waals surface area contributed by atoms with Crippen molar-refractivity contribution in [3.05, 3.63) is 28.8 Å². The van der Waals surface area contributed by atoms with E-state index in [0.29, 0.717) is 16.5 Å². The molecule has 1 aromatic rings. The molecule has 0 aliphatic carbocycles. The van der Waals surface area contributed by atoms with Gasteiger partial charge >= 0.3 is 0 Å². The fourth-order valence-electron chi connectivity index (χ4n) is 1.66. The summed E-state index contributed by atoms with van der Waals surface area (Å²) in [4.78, 5) is 11.8. The van der Waals surface area contributed by atoms with E-state index in [1.54, 1.807) is 24.5 Å². The van der Waals surface area contributed by atoms with Gasteiger partial charge in [0.25, 0.3) is 0 Å². The van der Waals surface area contributed by atoms with Gasteiger partial charge in [-0.1, -0.05) is 11.6 Å². The molecule has 0 saturated carbocycles. The maximum atomic E-state index is 11.8. The van der Waals surface area contributed by atoms with Crippen LogP contribution in [0.25, 0.3) is 0 Å². The molecule has 5 nitrogen and oxygen atoms in total. The van der Waals surface area contributed by atoms with Crippen LogP contribution in [0.3, 0.4) is 0 Å². The van der Waals surface area contributed by atoms with Crippen LogP contribution in [0, 0.1) is 0 Å². The number of amides is 1. The van der Waals surface area contributed by atoms with Crippen molar-refractivity contribution in [2.75, 3.05) is 25.2 Å². The zero-order valence-corrected chi connectivity index (χ0v) is 13.1. The Kier molecular flexibility index (Phi) is 7.15. The molecule has 3 N–H and O–H groups in total. The molecule has 0 aliphatic heterocycles. The summed E-state index contributed by atoms with van der Waals surface area (Å²) < 4.78 is 16.3. The first-order valence-corrected chi connectivity index (χ1v) is 8.18. The number of carbonyl (C=O) groups excluding carboxylic acids is 1. The van der Waals surface area contributed by atoms with Gasteiger partial charge in [0, 0.05) is 47.2 Å². The highest BCUT2D eigenvalue weighted by molar-refractivity contribution is 7.83. The summed E-state index contributed by atoms with van der Waals surface area (Å²) in [5.41, 5.74) is 6.83. The number of methoxy groups -OCH3 is 1. The number of carbonyl (C=O) groups is 1. The predicted molar refractivity (Wildman–Crippen MR) is 82.3 cm³/mol. The van der Waals surface area contributed by atoms with Gasteiger partial charge in [-0.2, -0.15) is 0 Å². The minimum Gasteiger partial charge on any atom is -0.380 e. The second-order valence-corrected chi connectivity index (χ2v) is 6.21. The molecule has 0 saturated heterocycles. The lowest BCUT2D eigenvalue weighted by Gasteiger charge is -2.13. The van der Waals surface area contributed by atoms with Gasteiger partial charge in [-0.15, -0.1) is 0 Å². The highest BCUT2D eigenvalue weighted by Gasteiger charge is 2.12. The molecule has 0 fully saturated rings. The van der Waals surface area contributed by atoms with Crippen LogP contribution in [0.15, 0.2) is 18.2 Å². The lowest BCUT2D eigenvalue weighted by Crippen LogP contribution is -2.28. The molecule has 1 amide bonds. The van der Waals surface area contributed by atoms with E-state index in [9.17, 15) is 9.00 Å². The highest BCUT2D eigenvalue weighted by Crippen LogP contribution is 2.22.